The molecule has 1 amide bonds. The summed E-state index contributed by atoms with van der Waals surface area (Å²) >= 11 is 0. The lowest BCUT2D eigenvalue weighted by atomic mass is 10.1. The molecule has 0 bridgehead atoms. The third-order valence-corrected chi connectivity index (χ3v) is 2.94. The van der Waals surface area contributed by atoms with Crippen molar-refractivity contribution in [1.29, 1.82) is 0 Å². The minimum absolute atomic E-state index is 0.000602. The molecule has 1 saturated carbocycles. The number of aldehydes is 1. The summed E-state index contributed by atoms with van der Waals surface area (Å²) in [6, 6.07) is 0.374. The number of ether oxygens (including phenoxy) is 1. The number of carbonyl (C=O) groups excluding carboxylic acids is 2. The highest BCUT2D eigenvalue weighted by atomic mass is 16.6. The molecule has 0 saturated heterocycles. The summed E-state index contributed by atoms with van der Waals surface area (Å²) in [5.41, 5.74) is 2.71. The van der Waals surface area contributed by atoms with Gasteiger partial charge in [-0.3, -0.25) is 0 Å². The minimum Gasteiger partial charge on any atom is -0.443 e. The first kappa shape index (κ1) is 16.0. The number of hydrazine groups is 1. The Morgan fingerprint density at radius 2 is 2.11 bits per heavy atom. The van der Waals surface area contributed by atoms with Gasteiger partial charge >= 0.3 is 6.09 Å². The van der Waals surface area contributed by atoms with Crippen LogP contribution in [0.1, 0.15) is 59.8 Å². The van der Waals surface area contributed by atoms with Gasteiger partial charge in [0.05, 0.1) is 6.04 Å². The van der Waals surface area contributed by atoms with Crippen molar-refractivity contribution >= 4 is 12.4 Å². The van der Waals surface area contributed by atoms with Crippen molar-refractivity contribution in [3.8, 4) is 0 Å². The molecule has 1 atom stereocenters. The standard InChI is InChI=1S/C14H26N2O3/c1-5-12(7-6-10-17)16(15-11-8-9-11)13(18)19-14(2,3)4/h10-12,15H,5-9H2,1-4H3. The molecule has 1 rings (SSSR count). The lowest BCUT2D eigenvalue weighted by molar-refractivity contribution is -0.108. The highest BCUT2D eigenvalue weighted by Crippen LogP contribution is 2.22. The fraction of sp³-hybridized carbons (Fsp3) is 0.857. The van der Waals surface area contributed by atoms with E-state index in [4.69, 9.17) is 4.74 Å². The number of amides is 1. The fourth-order valence-corrected chi connectivity index (χ4v) is 1.80. The summed E-state index contributed by atoms with van der Waals surface area (Å²) in [6.07, 6.45) is 4.65. The highest BCUT2D eigenvalue weighted by molar-refractivity contribution is 5.68. The van der Waals surface area contributed by atoms with E-state index in [9.17, 15) is 9.59 Å². The molecule has 0 aromatic carbocycles. The molecule has 1 aliphatic carbocycles. The predicted octanol–water partition coefficient (Wildman–Crippen LogP) is 2.65. The maximum Gasteiger partial charge on any atom is 0.425 e. The maximum absolute atomic E-state index is 12.2. The van der Waals surface area contributed by atoms with Crippen LogP contribution in [0.3, 0.4) is 0 Å². The Labute approximate surface area is 115 Å². The molecule has 0 aromatic heterocycles. The molecule has 1 aliphatic rings. The lowest BCUT2D eigenvalue weighted by Gasteiger charge is -2.33. The van der Waals surface area contributed by atoms with Crippen LogP contribution in [0.25, 0.3) is 0 Å². The molecule has 0 heterocycles. The van der Waals surface area contributed by atoms with Gasteiger partial charge in [0.2, 0.25) is 0 Å². The topological polar surface area (TPSA) is 58.6 Å². The van der Waals surface area contributed by atoms with Gasteiger partial charge < -0.3 is 9.53 Å². The number of hydrogen-bond acceptors (Lipinski definition) is 4. The Bertz CT molecular complexity index is 308. The van der Waals surface area contributed by atoms with Gasteiger partial charge in [0, 0.05) is 12.5 Å². The van der Waals surface area contributed by atoms with Crippen LogP contribution >= 0.6 is 0 Å². The first-order valence-corrected chi connectivity index (χ1v) is 7.09. The second kappa shape index (κ2) is 6.89. The number of carbonyl (C=O) groups is 2. The SMILES string of the molecule is CCC(CCC=O)N(NC1CC1)C(=O)OC(C)(C)C. The number of rotatable bonds is 7. The summed E-state index contributed by atoms with van der Waals surface area (Å²) in [4.78, 5) is 22.8. The van der Waals surface area contributed by atoms with Crippen molar-refractivity contribution < 1.29 is 14.3 Å². The van der Waals surface area contributed by atoms with E-state index in [2.05, 4.69) is 5.43 Å². The summed E-state index contributed by atoms with van der Waals surface area (Å²) in [5, 5.41) is 1.59. The number of nitrogens with one attached hydrogen (secondary N) is 1. The molecule has 5 nitrogen and oxygen atoms in total. The second-order valence-electron chi connectivity index (χ2n) is 6.06. The molecule has 0 spiro atoms. The molecule has 0 aliphatic heterocycles. The molecule has 5 heteroatoms. The van der Waals surface area contributed by atoms with Gasteiger partial charge in [-0.25, -0.2) is 15.2 Å². The molecule has 1 unspecified atom stereocenters. The van der Waals surface area contributed by atoms with Gasteiger partial charge in [-0.2, -0.15) is 0 Å². The monoisotopic (exact) mass is 270 g/mol. The van der Waals surface area contributed by atoms with Crippen LogP contribution in [0.5, 0.6) is 0 Å². The zero-order valence-electron chi connectivity index (χ0n) is 12.4. The van der Waals surface area contributed by atoms with Gasteiger partial charge in [0.1, 0.15) is 11.9 Å². The quantitative estimate of drug-likeness (QED) is 0.571. The van der Waals surface area contributed by atoms with Crippen LogP contribution in [0.15, 0.2) is 0 Å². The van der Waals surface area contributed by atoms with Crippen molar-refractivity contribution in [1.82, 2.24) is 10.4 Å². The van der Waals surface area contributed by atoms with Crippen LogP contribution in [0, 0.1) is 0 Å². The number of hydrogen-bond donors (Lipinski definition) is 1. The summed E-state index contributed by atoms with van der Waals surface area (Å²) < 4.78 is 5.43. The van der Waals surface area contributed by atoms with Crippen LogP contribution in [0.4, 0.5) is 4.79 Å². The average Bonchev–Trinajstić information content (AvgIpc) is 3.10. The summed E-state index contributed by atoms with van der Waals surface area (Å²) in [5.74, 6) is 0. The molecule has 1 fully saturated rings. The average molecular weight is 270 g/mol. The number of nitrogens with zero attached hydrogens (tertiary/aromatic N) is 1. The van der Waals surface area contributed by atoms with Crippen molar-refractivity contribution in [2.24, 2.45) is 0 Å². The van der Waals surface area contributed by atoms with Crippen molar-refractivity contribution in [2.45, 2.75) is 77.5 Å². The second-order valence-corrected chi connectivity index (χ2v) is 6.06. The molecule has 1 N–H and O–H groups in total. The minimum atomic E-state index is -0.510. The van der Waals surface area contributed by atoms with Crippen molar-refractivity contribution in [3.05, 3.63) is 0 Å². The van der Waals surface area contributed by atoms with Crippen molar-refractivity contribution in [2.75, 3.05) is 0 Å². The van der Waals surface area contributed by atoms with Crippen LogP contribution in [0.2, 0.25) is 0 Å². The van der Waals surface area contributed by atoms with Gasteiger partial charge in [-0.15, -0.1) is 0 Å². The largest absolute Gasteiger partial charge is 0.443 e. The van der Waals surface area contributed by atoms with E-state index in [1.807, 2.05) is 27.7 Å². The fourth-order valence-electron chi connectivity index (χ4n) is 1.80. The Morgan fingerprint density at radius 1 is 1.47 bits per heavy atom. The van der Waals surface area contributed by atoms with E-state index in [1.165, 1.54) is 0 Å². The maximum atomic E-state index is 12.2. The van der Waals surface area contributed by atoms with E-state index >= 15 is 0 Å². The highest BCUT2D eigenvalue weighted by Gasteiger charge is 2.32. The Kier molecular flexibility index (Phi) is 5.79. The van der Waals surface area contributed by atoms with Crippen molar-refractivity contribution in [3.63, 3.8) is 0 Å². The first-order valence-electron chi connectivity index (χ1n) is 7.09. The van der Waals surface area contributed by atoms with E-state index in [-0.39, 0.29) is 12.1 Å². The lowest BCUT2D eigenvalue weighted by Crippen LogP contribution is -2.52. The molecule has 0 aromatic rings. The zero-order chi connectivity index (χ0) is 14.5. The molecule has 19 heavy (non-hydrogen) atoms. The molecule has 110 valence electrons. The van der Waals surface area contributed by atoms with Crippen LogP contribution in [-0.4, -0.2) is 35.1 Å². The Morgan fingerprint density at radius 3 is 2.53 bits per heavy atom. The third-order valence-electron chi connectivity index (χ3n) is 2.94. The van der Waals surface area contributed by atoms with Crippen LogP contribution < -0.4 is 5.43 Å². The van der Waals surface area contributed by atoms with Gasteiger partial charge in [-0.1, -0.05) is 6.92 Å². The summed E-state index contributed by atoms with van der Waals surface area (Å²) in [7, 11) is 0. The van der Waals surface area contributed by atoms with E-state index in [0.717, 1.165) is 25.5 Å². The third kappa shape index (κ3) is 6.05. The molecule has 0 radical (unpaired) electrons. The van der Waals surface area contributed by atoms with E-state index in [0.29, 0.717) is 18.9 Å². The van der Waals surface area contributed by atoms with E-state index in [1.54, 1.807) is 5.01 Å². The van der Waals surface area contributed by atoms with Crippen LogP contribution in [-0.2, 0) is 9.53 Å². The summed E-state index contributed by atoms with van der Waals surface area (Å²) in [6.45, 7) is 7.58. The molecular weight excluding hydrogens is 244 g/mol. The normalized spacial score (nSPS) is 16.8. The molecular formula is C14H26N2O3. The zero-order valence-corrected chi connectivity index (χ0v) is 12.4. The predicted molar refractivity (Wildman–Crippen MR) is 73.6 cm³/mol. The van der Waals surface area contributed by atoms with Gasteiger partial charge in [0.15, 0.2) is 0 Å². The van der Waals surface area contributed by atoms with E-state index < -0.39 is 5.60 Å². The van der Waals surface area contributed by atoms with Gasteiger partial charge in [0.25, 0.3) is 0 Å². The Balaban J connectivity index is 2.67. The van der Waals surface area contributed by atoms with Gasteiger partial charge in [-0.05, 0) is 46.5 Å². The Hall–Kier alpha value is -1.10. The first-order chi connectivity index (χ1) is 8.87. The smallest absolute Gasteiger partial charge is 0.425 e.